The van der Waals surface area contributed by atoms with Crippen LogP contribution in [-0.2, 0) is 0 Å². The zero-order chi connectivity index (χ0) is 13.1. The normalized spacial score (nSPS) is 10.1. The largest absolute Gasteiger partial charge is 0.294 e. The Morgan fingerprint density at radius 2 is 1.72 bits per heavy atom. The van der Waals surface area contributed by atoms with Crippen molar-refractivity contribution in [2.45, 2.75) is 6.92 Å². The topological polar surface area (TPSA) is 60.2 Å². The van der Waals surface area contributed by atoms with Gasteiger partial charge < -0.3 is 0 Å². The average molecular weight is 241 g/mol. The molecule has 0 unspecified atom stereocenters. The summed E-state index contributed by atoms with van der Waals surface area (Å²) in [7, 11) is 0. The van der Waals surface area contributed by atoms with Gasteiger partial charge in [-0.2, -0.15) is 0 Å². The number of hydrogen-bond acceptors (Lipinski definition) is 3. The molecule has 0 saturated carbocycles. The van der Waals surface area contributed by atoms with Gasteiger partial charge in [-0.05, 0) is 18.1 Å². The number of carbonyl (C=O) groups excluding carboxylic acids is 1. The molecule has 0 radical (unpaired) electrons. The van der Waals surface area contributed by atoms with Gasteiger partial charge in [0.1, 0.15) is 5.56 Å². The van der Waals surface area contributed by atoms with E-state index in [9.17, 15) is 14.9 Å². The summed E-state index contributed by atoms with van der Waals surface area (Å²) in [5.41, 5.74) is 1.40. The standard InChI is InChI=1S/C14H11NO3/c1-10(16)14-12(11-6-3-2-4-7-11)8-5-9-13(14)15(17)18/h2-9H,1H3. The molecule has 0 spiro atoms. The van der Waals surface area contributed by atoms with Gasteiger partial charge >= 0.3 is 0 Å². The summed E-state index contributed by atoms with van der Waals surface area (Å²) in [6, 6.07) is 13.8. The minimum absolute atomic E-state index is 0.149. The average Bonchev–Trinajstić information content (AvgIpc) is 2.38. The maximum absolute atomic E-state index is 11.7. The Morgan fingerprint density at radius 1 is 1.06 bits per heavy atom. The van der Waals surface area contributed by atoms with E-state index in [1.54, 1.807) is 12.1 Å². The Bertz CT molecular complexity index is 606. The highest BCUT2D eigenvalue weighted by Crippen LogP contribution is 2.30. The van der Waals surface area contributed by atoms with E-state index >= 15 is 0 Å². The third-order valence-corrected chi connectivity index (χ3v) is 2.68. The molecule has 90 valence electrons. The van der Waals surface area contributed by atoms with Crippen LogP contribution >= 0.6 is 0 Å². The molecule has 0 aliphatic rings. The lowest BCUT2D eigenvalue weighted by molar-refractivity contribution is -0.385. The number of nitro benzene ring substituents is 1. The summed E-state index contributed by atoms with van der Waals surface area (Å²) in [4.78, 5) is 22.1. The fraction of sp³-hybridized carbons (Fsp3) is 0.0714. The van der Waals surface area contributed by atoms with Gasteiger partial charge in [-0.3, -0.25) is 14.9 Å². The van der Waals surface area contributed by atoms with Crippen LogP contribution in [-0.4, -0.2) is 10.7 Å². The van der Waals surface area contributed by atoms with Gasteiger partial charge in [0.2, 0.25) is 0 Å². The fourth-order valence-corrected chi connectivity index (χ4v) is 1.92. The van der Waals surface area contributed by atoms with Crippen molar-refractivity contribution in [1.82, 2.24) is 0 Å². The quantitative estimate of drug-likeness (QED) is 0.469. The number of hydrogen-bond donors (Lipinski definition) is 0. The van der Waals surface area contributed by atoms with Crippen molar-refractivity contribution in [2.75, 3.05) is 0 Å². The molecule has 0 aromatic heterocycles. The smallest absolute Gasteiger partial charge is 0.280 e. The molecule has 4 nitrogen and oxygen atoms in total. The molecule has 2 aromatic carbocycles. The minimum Gasteiger partial charge on any atom is -0.294 e. The van der Waals surface area contributed by atoms with E-state index in [0.29, 0.717) is 5.56 Å². The first kappa shape index (κ1) is 12.0. The van der Waals surface area contributed by atoms with Crippen LogP contribution in [0.3, 0.4) is 0 Å². The van der Waals surface area contributed by atoms with Gasteiger partial charge in [0.05, 0.1) is 4.92 Å². The molecule has 2 aromatic rings. The summed E-state index contributed by atoms with van der Waals surface area (Å²) in [5, 5.41) is 11.0. The van der Waals surface area contributed by atoms with E-state index in [1.807, 2.05) is 30.3 Å². The van der Waals surface area contributed by atoms with Gasteiger partial charge in [0, 0.05) is 6.07 Å². The number of ketones is 1. The van der Waals surface area contributed by atoms with Crippen LogP contribution in [0.15, 0.2) is 48.5 Å². The van der Waals surface area contributed by atoms with Gasteiger partial charge in [0.15, 0.2) is 5.78 Å². The van der Waals surface area contributed by atoms with Gasteiger partial charge in [-0.1, -0.05) is 42.5 Å². The Morgan fingerprint density at radius 3 is 2.28 bits per heavy atom. The van der Waals surface area contributed by atoms with Crippen LogP contribution in [0.2, 0.25) is 0 Å². The second-order valence-electron chi connectivity index (χ2n) is 3.88. The number of rotatable bonds is 3. The van der Waals surface area contributed by atoms with Crippen molar-refractivity contribution in [2.24, 2.45) is 0 Å². The molecule has 0 N–H and O–H groups in total. The van der Waals surface area contributed by atoms with Crippen LogP contribution < -0.4 is 0 Å². The lowest BCUT2D eigenvalue weighted by atomic mass is 9.96. The molecule has 0 heterocycles. The molecule has 0 aliphatic carbocycles. The van der Waals surface area contributed by atoms with Crippen LogP contribution in [0.1, 0.15) is 17.3 Å². The molecule has 18 heavy (non-hydrogen) atoms. The zero-order valence-electron chi connectivity index (χ0n) is 9.79. The first-order valence-electron chi connectivity index (χ1n) is 5.45. The molecule has 0 fully saturated rings. The maximum atomic E-state index is 11.7. The fourth-order valence-electron chi connectivity index (χ4n) is 1.92. The van der Waals surface area contributed by atoms with Crippen LogP contribution in [0, 0.1) is 10.1 Å². The lowest BCUT2D eigenvalue weighted by Gasteiger charge is -2.07. The van der Waals surface area contributed by atoms with Crippen molar-refractivity contribution in [3.63, 3.8) is 0 Å². The Labute approximate surface area is 104 Å². The Balaban J connectivity index is 2.72. The summed E-state index contributed by atoms with van der Waals surface area (Å²) in [6.07, 6.45) is 0. The minimum atomic E-state index is -0.525. The first-order chi connectivity index (χ1) is 8.61. The van der Waals surface area contributed by atoms with Crippen molar-refractivity contribution in [1.29, 1.82) is 0 Å². The van der Waals surface area contributed by atoms with E-state index in [1.165, 1.54) is 13.0 Å². The molecule has 0 aliphatic heterocycles. The van der Waals surface area contributed by atoms with E-state index in [2.05, 4.69) is 0 Å². The number of nitro groups is 1. The van der Waals surface area contributed by atoms with Gasteiger partial charge in [0.25, 0.3) is 5.69 Å². The van der Waals surface area contributed by atoms with Gasteiger partial charge in [-0.15, -0.1) is 0 Å². The molecular weight excluding hydrogens is 230 g/mol. The molecule has 0 bridgehead atoms. The summed E-state index contributed by atoms with van der Waals surface area (Å²) >= 11 is 0. The van der Waals surface area contributed by atoms with Crippen LogP contribution in [0.4, 0.5) is 5.69 Å². The highest BCUT2D eigenvalue weighted by atomic mass is 16.6. The summed E-state index contributed by atoms with van der Waals surface area (Å²) in [6.45, 7) is 1.34. The van der Waals surface area contributed by atoms with Crippen molar-refractivity contribution >= 4 is 11.5 Å². The number of carbonyl (C=O) groups is 1. The molecule has 0 amide bonds. The second kappa shape index (κ2) is 4.79. The zero-order valence-corrected chi connectivity index (χ0v) is 9.79. The van der Waals surface area contributed by atoms with Crippen LogP contribution in [0.5, 0.6) is 0 Å². The summed E-state index contributed by atoms with van der Waals surface area (Å²) in [5.74, 6) is -0.304. The van der Waals surface area contributed by atoms with Crippen molar-refractivity contribution < 1.29 is 9.72 Å². The molecule has 0 saturated heterocycles. The highest BCUT2D eigenvalue weighted by molar-refractivity contribution is 6.04. The second-order valence-corrected chi connectivity index (χ2v) is 3.88. The SMILES string of the molecule is CC(=O)c1c(-c2ccccc2)cccc1[N+](=O)[O-]. The first-order valence-corrected chi connectivity index (χ1v) is 5.45. The van der Waals surface area contributed by atoms with E-state index < -0.39 is 4.92 Å². The van der Waals surface area contributed by atoms with Gasteiger partial charge in [-0.25, -0.2) is 0 Å². The number of benzene rings is 2. The highest BCUT2D eigenvalue weighted by Gasteiger charge is 2.21. The molecule has 2 rings (SSSR count). The molecular formula is C14H11NO3. The third kappa shape index (κ3) is 2.13. The maximum Gasteiger partial charge on any atom is 0.280 e. The van der Waals surface area contributed by atoms with E-state index in [0.717, 1.165) is 5.56 Å². The Kier molecular flexibility index (Phi) is 3.19. The predicted molar refractivity (Wildman–Crippen MR) is 68.5 cm³/mol. The van der Waals surface area contributed by atoms with Crippen molar-refractivity contribution in [3.8, 4) is 11.1 Å². The number of Topliss-reactive ketones (excluding diaryl/α,β-unsaturated/α-hetero) is 1. The third-order valence-electron chi connectivity index (χ3n) is 2.68. The van der Waals surface area contributed by atoms with Crippen LogP contribution in [0.25, 0.3) is 11.1 Å². The van der Waals surface area contributed by atoms with E-state index in [-0.39, 0.29) is 17.0 Å². The monoisotopic (exact) mass is 241 g/mol. The lowest BCUT2D eigenvalue weighted by Crippen LogP contribution is -2.02. The summed E-state index contributed by atoms with van der Waals surface area (Å²) < 4.78 is 0. The predicted octanol–water partition coefficient (Wildman–Crippen LogP) is 3.46. The molecule has 4 heteroatoms. The Hall–Kier alpha value is -2.49. The van der Waals surface area contributed by atoms with E-state index in [4.69, 9.17) is 0 Å². The number of nitrogens with zero attached hydrogens (tertiary/aromatic N) is 1. The molecule has 0 atom stereocenters. The van der Waals surface area contributed by atoms with Crippen molar-refractivity contribution in [3.05, 3.63) is 64.2 Å².